The summed E-state index contributed by atoms with van der Waals surface area (Å²) in [6, 6.07) is 0.559. The molecular weight excluding hydrogens is 174 g/mol. The summed E-state index contributed by atoms with van der Waals surface area (Å²) < 4.78 is 0. The SMILES string of the molecule is CCN=C(N)NC1CCCC(CC)C1. The van der Waals surface area contributed by atoms with Crippen LogP contribution in [0.4, 0.5) is 0 Å². The summed E-state index contributed by atoms with van der Waals surface area (Å²) in [5, 5.41) is 3.31. The van der Waals surface area contributed by atoms with Crippen LogP contribution in [0.1, 0.15) is 46.0 Å². The third-order valence-corrected chi connectivity index (χ3v) is 3.04. The smallest absolute Gasteiger partial charge is 0.188 e. The zero-order valence-corrected chi connectivity index (χ0v) is 9.42. The number of nitrogens with one attached hydrogen (secondary N) is 1. The lowest BCUT2D eigenvalue weighted by Gasteiger charge is -2.29. The molecule has 2 atom stereocenters. The number of hydrogen-bond acceptors (Lipinski definition) is 1. The molecule has 82 valence electrons. The minimum absolute atomic E-state index is 0.559. The molecule has 0 aromatic rings. The molecule has 0 amide bonds. The molecule has 0 aliphatic heterocycles. The lowest BCUT2D eigenvalue weighted by Crippen LogP contribution is -2.42. The van der Waals surface area contributed by atoms with E-state index in [9.17, 15) is 0 Å². The van der Waals surface area contributed by atoms with Crippen molar-refractivity contribution in [2.24, 2.45) is 16.6 Å². The fraction of sp³-hybridized carbons (Fsp3) is 0.909. The van der Waals surface area contributed by atoms with Crippen molar-refractivity contribution in [1.82, 2.24) is 5.32 Å². The highest BCUT2D eigenvalue weighted by molar-refractivity contribution is 5.78. The van der Waals surface area contributed by atoms with Crippen molar-refractivity contribution < 1.29 is 0 Å². The van der Waals surface area contributed by atoms with E-state index in [0.717, 1.165) is 12.5 Å². The molecule has 3 heteroatoms. The van der Waals surface area contributed by atoms with Crippen LogP contribution >= 0.6 is 0 Å². The molecule has 1 fully saturated rings. The number of hydrogen-bond donors (Lipinski definition) is 2. The average molecular weight is 197 g/mol. The van der Waals surface area contributed by atoms with Gasteiger partial charge in [-0.3, -0.25) is 4.99 Å². The van der Waals surface area contributed by atoms with Crippen LogP contribution in [0.2, 0.25) is 0 Å². The van der Waals surface area contributed by atoms with Crippen LogP contribution in [-0.4, -0.2) is 18.5 Å². The van der Waals surface area contributed by atoms with Gasteiger partial charge in [0.05, 0.1) is 0 Å². The first-order chi connectivity index (χ1) is 6.76. The van der Waals surface area contributed by atoms with Crippen molar-refractivity contribution in [3.63, 3.8) is 0 Å². The van der Waals surface area contributed by atoms with Gasteiger partial charge in [0.2, 0.25) is 0 Å². The summed E-state index contributed by atoms with van der Waals surface area (Å²) in [7, 11) is 0. The molecule has 1 rings (SSSR count). The van der Waals surface area contributed by atoms with Crippen molar-refractivity contribution in [3.8, 4) is 0 Å². The number of aliphatic imine (C=N–C) groups is 1. The molecule has 0 heterocycles. The second kappa shape index (κ2) is 5.89. The van der Waals surface area contributed by atoms with Crippen LogP contribution in [-0.2, 0) is 0 Å². The number of rotatable bonds is 3. The van der Waals surface area contributed by atoms with E-state index in [4.69, 9.17) is 5.73 Å². The predicted molar refractivity (Wildman–Crippen MR) is 61.3 cm³/mol. The van der Waals surface area contributed by atoms with Crippen molar-refractivity contribution in [1.29, 1.82) is 0 Å². The lowest BCUT2D eigenvalue weighted by molar-refractivity contribution is 0.299. The Hall–Kier alpha value is -0.730. The Kier molecular flexibility index (Phi) is 4.77. The van der Waals surface area contributed by atoms with Crippen LogP contribution in [0.5, 0.6) is 0 Å². The van der Waals surface area contributed by atoms with E-state index in [1.54, 1.807) is 0 Å². The molecule has 0 aromatic carbocycles. The average Bonchev–Trinajstić information content (AvgIpc) is 2.18. The zero-order valence-electron chi connectivity index (χ0n) is 9.42. The molecule has 3 nitrogen and oxygen atoms in total. The molecule has 0 bridgehead atoms. The molecule has 1 saturated carbocycles. The molecule has 0 aromatic heterocycles. The predicted octanol–water partition coefficient (Wildman–Crippen LogP) is 1.88. The Labute approximate surface area is 87.2 Å². The van der Waals surface area contributed by atoms with Gasteiger partial charge < -0.3 is 11.1 Å². The summed E-state index contributed by atoms with van der Waals surface area (Å²) in [5.41, 5.74) is 5.74. The third-order valence-electron chi connectivity index (χ3n) is 3.04. The van der Waals surface area contributed by atoms with E-state index >= 15 is 0 Å². The van der Waals surface area contributed by atoms with Gasteiger partial charge >= 0.3 is 0 Å². The maximum absolute atomic E-state index is 5.74. The van der Waals surface area contributed by atoms with Crippen LogP contribution < -0.4 is 11.1 Å². The maximum Gasteiger partial charge on any atom is 0.188 e. The molecule has 0 spiro atoms. The van der Waals surface area contributed by atoms with Crippen LogP contribution in [0.3, 0.4) is 0 Å². The molecule has 0 radical (unpaired) electrons. The number of nitrogens with two attached hydrogens (primary N) is 1. The minimum Gasteiger partial charge on any atom is -0.370 e. The molecule has 0 saturated heterocycles. The lowest BCUT2D eigenvalue weighted by atomic mass is 9.84. The maximum atomic E-state index is 5.74. The van der Waals surface area contributed by atoms with E-state index < -0.39 is 0 Å². The first-order valence-corrected chi connectivity index (χ1v) is 5.82. The highest BCUT2D eigenvalue weighted by atomic mass is 15.1. The van der Waals surface area contributed by atoms with Crippen molar-refractivity contribution in [3.05, 3.63) is 0 Å². The second-order valence-electron chi connectivity index (χ2n) is 4.14. The highest BCUT2D eigenvalue weighted by Gasteiger charge is 2.20. The van der Waals surface area contributed by atoms with E-state index in [1.165, 1.54) is 32.1 Å². The molecule has 14 heavy (non-hydrogen) atoms. The molecule has 1 aliphatic rings. The minimum atomic E-state index is 0.559. The Morgan fingerprint density at radius 1 is 1.43 bits per heavy atom. The normalized spacial score (nSPS) is 28.9. The fourth-order valence-corrected chi connectivity index (χ4v) is 2.22. The Morgan fingerprint density at radius 3 is 2.86 bits per heavy atom. The summed E-state index contributed by atoms with van der Waals surface area (Å²) in [4.78, 5) is 4.15. The third kappa shape index (κ3) is 3.56. The van der Waals surface area contributed by atoms with Gasteiger partial charge in [0.15, 0.2) is 5.96 Å². The highest BCUT2D eigenvalue weighted by Crippen LogP contribution is 2.26. The van der Waals surface area contributed by atoms with Gasteiger partial charge in [-0.1, -0.05) is 26.2 Å². The van der Waals surface area contributed by atoms with Crippen molar-refractivity contribution in [2.45, 2.75) is 52.0 Å². The Morgan fingerprint density at radius 2 is 2.21 bits per heavy atom. The molecule has 1 aliphatic carbocycles. The van der Waals surface area contributed by atoms with Crippen LogP contribution in [0.25, 0.3) is 0 Å². The fourth-order valence-electron chi connectivity index (χ4n) is 2.22. The molecule has 2 unspecified atom stereocenters. The monoisotopic (exact) mass is 197 g/mol. The van der Waals surface area contributed by atoms with E-state index in [2.05, 4.69) is 17.2 Å². The van der Waals surface area contributed by atoms with Crippen molar-refractivity contribution >= 4 is 5.96 Å². The largest absolute Gasteiger partial charge is 0.370 e. The van der Waals surface area contributed by atoms with Crippen LogP contribution in [0.15, 0.2) is 4.99 Å². The summed E-state index contributed by atoms with van der Waals surface area (Å²) >= 11 is 0. The van der Waals surface area contributed by atoms with Gasteiger partial charge in [0.25, 0.3) is 0 Å². The van der Waals surface area contributed by atoms with Gasteiger partial charge in [-0.05, 0) is 25.7 Å². The first-order valence-electron chi connectivity index (χ1n) is 5.82. The summed E-state index contributed by atoms with van der Waals surface area (Å²) in [6.45, 7) is 5.05. The topological polar surface area (TPSA) is 50.4 Å². The standard InChI is InChI=1S/C11H23N3/c1-3-9-6-5-7-10(8-9)14-11(12)13-4-2/h9-10H,3-8H2,1-2H3,(H3,12,13,14). The van der Waals surface area contributed by atoms with Gasteiger partial charge in [-0.15, -0.1) is 0 Å². The Bertz CT molecular complexity index is 189. The summed E-state index contributed by atoms with van der Waals surface area (Å²) in [6.07, 6.45) is 6.52. The molecular formula is C11H23N3. The Balaban J connectivity index is 2.33. The number of guanidine groups is 1. The van der Waals surface area contributed by atoms with E-state index in [-0.39, 0.29) is 0 Å². The van der Waals surface area contributed by atoms with E-state index in [0.29, 0.717) is 12.0 Å². The van der Waals surface area contributed by atoms with Gasteiger partial charge in [0.1, 0.15) is 0 Å². The zero-order chi connectivity index (χ0) is 10.4. The molecule has 3 N–H and O–H groups in total. The van der Waals surface area contributed by atoms with Gasteiger partial charge in [-0.2, -0.15) is 0 Å². The van der Waals surface area contributed by atoms with E-state index in [1.807, 2.05) is 6.92 Å². The van der Waals surface area contributed by atoms with Crippen LogP contribution in [0, 0.1) is 5.92 Å². The van der Waals surface area contributed by atoms with Gasteiger partial charge in [0, 0.05) is 12.6 Å². The first kappa shape index (κ1) is 11.3. The number of nitrogens with zero attached hydrogens (tertiary/aromatic N) is 1. The summed E-state index contributed by atoms with van der Waals surface area (Å²) in [5.74, 6) is 1.50. The quantitative estimate of drug-likeness (QED) is 0.536. The van der Waals surface area contributed by atoms with Crippen molar-refractivity contribution in [2.75, 3.05) is 6.54 Å². The van der Waals surface area contributed by atoms with Gasteiger partial charge in [-0.25, -0.2) is 0 Å². The second-order valence-corrected chi connectivity index (χ2v) is 4.14.